The van der Waals surface area contributed by atoms with E-state index in [1.165, 1.54) is 16.2 Å². The zero-order chi connectivity index (χ0) is 34.2. The lowest BCUT2D eigenvalue weighted by atomic mass is 9.93. The molecule has 5 heteroatoms. The summed E-state index contributed by atoms with van der Waals surface area (Å²) in [7, 11) is 0. The molecule has 0 spiro atoms. The fourth-order valence-corrected chi connectivity index (χ4v) is 7.68. The van der Waals surface area contributed by atoms with E-state index in [-0.39, 0.29) is 0 Å². The number of benzene rings is 8. The van der Waals surface area contributed by atoms with Crippen LogP contribution in [0, 0.1) is 0 Å². The highest BCUT2D eigenvalue weighted by molar-refractivity contribution is 6.23. The van der Waals surface area contributed by atoms with Crippen molar-refractivity contribution in [2.75, 3.05) is 0 Å². The molecule has 0 saturated carbocycles. The van der Waals surface area contributed by atoms with Crippen LogP contribution in [-0.2, 0) is 0 Å². The van der Waals surface area contributed by atoms with Crippen LogP contribution in [0.1, 0.15) is 0 Å². The zero-order valence-corrected chi connectivity index (χ0v) is 27.7. The number of hydrogen-bond acceptors (Lipinski definition) is 5. The Morgan fingerprint density at radius 1 is 0.308 bits per heavy atom. The summed E-state index contributed by atoms with van der Waals surface area (Å²) in [5.74, 6) is 1.72. The number of aromatic nitrogens is 3. The lowest BCUT2D eigenvalue weighted by Gasteiger charge is -2.12. The summed E-state index contributed by atoms with van der Waals surface area (Å²) in [4.78, 5) is 15.5. The van der Waals surface area contributed by atoms with Crippen molar-refractivity contribution in [2.45, 2.75) is 0 Å². The summed E-state index contributed by atoms with van der Waals surface area (Å²) in [6.07, 6.45) is 0. The van der Waals surface area contributed by atoms with Gasteiger partial charge in [0.2, 0.25) is 0 Å². The number of rotatable bonds is 4. The smallest absolute Gasteiger partial charge is 0.164 e. The van der Waals surface area contributed by atoms with Crippen LogP contribution in [0.5, 0.6) is 0 Å². The summed E-state index contributed by atoms with van der Waals surface area (Å²) in [5, 5.41) is 8.85. The van der Waals surface area contributed by atoms with Gasteiger partial charge in [0.25, 0.3) is 0 Å². The van der Waals surface area contributed by atoms with Crippen LogP contribution >= 0.6 is 0 Å². The minimum Gasteiger partial charge on any atom is -0.456 e. The molecular weight excluding hydrogens is 639 g/mol. The topological polar surface area (TPSA) is 65.0 Å². The third-order valence-electron chi connectivity index (χ3n) is 10.1. The first-order valence-corrected chi connectivity index (χ1v) is 17.3. The number of fused-ring (bicyclic) bond motifs is 9. The van der Waals surface area contributed by atoms with Gasteiger partial charge in [0, 0.05) is 38.2 Å². The van der Waals surface area contributed by atoms with E-state index in [9.17, 15) is 0 Å². The van der Waals surface area contributed by atoms with Crippen LogP contribution < -0.4 is 0 Å². The van der Waals surface area contributed by atoms with Gasteiger partial charge < -0.3 is 8.83 Å². The molecule has 0 saturated heterocycles. The molecule has 0 atom stereocenters. The first-order chi connectivity index (χ1) is 25.7. The van der Waals surface area contributed by atoms with Crippen molar-refractivity contribution >= 4 is 65.4 Å². The summed E-state index contributed by atoms with van der Waals surface area (Å²) in [6, 6.07) is 56.3. The predicted molar refractivity (Wildman–Crippen MR) is 211 cm³/mol. The van der Waals surface area contributed by atoms with E-state index in [0.29, 0.717) is 17.5 Å². The SMILES string of the molecule is c1ccc(-c2nc(-c3cc(-c4ccc5ccccc5c4)c4c(c3)oc3ccc5ccccc5c34)nc(-c3cccc4oc5ccccc5c34)n2)cc1. The molecule has 0 fully saturated rings. The summed E-state index contributed by atoms with van der Waals surface area (Å²) in [6.45, 7) is 0. The highest BCUT2D eigenvalue weighted by atomic mass is 16.3. The summed E-state index contributed by atoms with van der Waals surface area (Å²) in [5.41, 5.74) is 8.00. The van der Waals surface area contributed by atoms with Gasteiger partial charge in [-0.25, -0.2) is 15.0 Å². The van der Waals surface area contributed by atoms with Gasteiger partial charge >= 0.3 is 0 Å². The predicted octanol–water partition coefficient (Wildman–Crippen LogP) is 12.6. The van der Waals surface area contributed by atoms with Gasteiger partial charge in [-0.1, -0.05) is 127 Å². The molecule has 0 aliphatic rings. The highest BCUT2D eigenvalue weighted by Gasteiger charge is 2.21. The van der Waals surface area contributed by atoms with Crippen molar-refractivity contribution in [2.24, 2.45) is 0 Å². The third kappa shape index (κ3) is 4.46. The molecule has 52 heavy (non-hydrogen) atoms. The van der Waals surface area contributed by atoms with E-state index >= 15 is 0 Å². The van der Waals surface area contributed by atoms with Gasteiger partial charge in [0.1, 0.15) is 22.3 Å². The van der Waals surface area contributed by atoms with Gasteiger partial charge in [-0.3, -0.25) is 0 Å². The van der Waals surface area contributed by atoms with E-state index in [1.54, 1.807) is 0 Å². The lowest BCUT2D eigenvalue weighted by Crippen LogP contribution is -2.00. The first-order valence-electron chi connectivity index (χ1n) is 17.3. The van der Waals surface area contributed by atoms with Crippen molar-refractivity contribution in [3.05, 3.63) is 164 Å². The Hall–Kier alpha value is -7.11. The lowest BCUT2D eigenvalue weighted by molar-refractivity contribution is 0.669. The highest BCUT2D eigenvalue weighted by Crippen LogP contribution is 2.43. The monoisotopic (exact) mass is 665 g/mol. The summed E-state index contributed by atoms with van der Waals surface area (Å²) >= 11 is 0. The maximum atomic E-state index is 6.71. The van der Waals surface area contributed by atoms with Gasteiger partial charge in [-0.2, -0.15) is 0 Å². The fraction of sp³-hybridized carbons (Fsp3) is 0. The van der Waals surface area contributed by atoms with Gasteiger partial charge in [-0.05, 0) is 69.1 Å². The number of hydrogen-bond donors (Lipinski definition) is 0. The molecule has 0 aliphatic carbocycles. The molecule has 0 amide bonds. The maximum absolute atomic E-state index is 6.71. The molecule has 0 aliphatic heterocycles. The molecule has 5 nitrogen and oxygen atoms in total. The largest absolute Gasteiger partial charge is 0.456 e. The van der Waals surface area contributed by atoms with Gasteiger partial charge in [0.15, 0.2) is 17.5 Å². The van der Waals surface area contributed by atoms with Crippen molar-refractivity contribution in [1.29, 1.82) is 0 Å². The first kappa shape index (κ1) is 28.7. The van der Waals surface area contributed by atoms with E-state index in [1.807, 2.05) is 60.7 Å². The second kappa shape index (κ2) is 11.2. The molecule has 0 radical (unpaired) electrons. The molecule has 0 bridgehead atoms. The molecule has 11 aromatic rings. The fourth-order valence-electron chi connectivity index (χ4n) is 7.68. The molecule has 3 aromatic heterocycles. The molecule has 8 aromatic carbocycles. The molecule has 0 N–H and O–H groups in total. The van der Waals surface area contributed by atoms with E-state index in [4.69, 9.17) is 23.8 Å². The quantitative estimate of drug-likeness (QED) is 0.187. The second-order valence-corrected chi connectivity index (χ2v) is 13.2. The van der Waals surface area contributed by atoms with Gasteiger partial charge in [0.05, 0.1) is 0 Å². The average molecular weight is 666 g/mol. The Balaban J connectivity index is 1.22. The van der Waals surface area contributed by atoms with Gasteiger partial charge in [-0.15, -0.1) is 0 Å². The normalized spacial score (nSPS) is 11.8. The minimum atomic E-state index is 0.558. The van der Waals surface area contributed by atoms with Crippen LogP contribution in [0.2, 0.25) is 0 Å². The van der Waals surface area contributed by atoms with E-state index in [0.717, 1.165) is 77.1 Å². The Morgan fingerprint density at radius 3 is 1.85 bits per heavy atom. The molecule has 0 unspecified atom stereocenters. The van der Waals surface area contributed by atoms with Crippen molar-refractivity contribution < 1.29 is 8.83 Å². The molecule has 242 valence electrons. The van der Waals surface area contributed by atoms with Crippen molar-refractivity contribution in [1.82, 2.24) is 15.0 Å². The van der Waals surface area contributed by atoms with E-state index in [2.05, 4.69) is 103 Å². The number of para-hydroxylation sites is 1. The summed E-state index contributed by atoms with van der Waals surface area (Å²) < 4.78 is 13.0. The van der Waals surface area contributed by atoms with Crippen LogP contribution in [0.3, 0.4) is 0 Å². The Morgan fingerprint density at radius 2 is 0.962 bits per heavy atom. The molecule has 3 heterocycles. The average Bonchev–Trinajstić information content (AvgIpc) is 3.79. The minimum absolute atomic E-state index is 0.558. The number of furan rings is 2. The van der Waals surface area contributed by atoms with Crippen LogP contribution in [-0.4, -0.2) is 15.0 Å². The second-order valence-electron chi connectivity index (χ2n) is 13.2. The van der Waals surface area contributed by atoms with E-state index < -0.39 is 0 Å². The van der Waals surface area contributed by atoms with Crippen molar-refractivity contribution in [3.8, 4) is 45.3 Å². The number of nitrogens with zero attached hydrogens (tertiary/aromatic N) is 3. The van der Waals surface area contributed by atoms with Crippen molar-refractivity contribution in [3.63, 3.8) is 0 Å². The molecule has 11 rings (SSSR count). The zero-order valence-electron chi connectivity index (χ0n) is 27.7. The van der Waals surface area contributed by atoms with Crippen LogP contribution in [0.15, 0.2) is 173 Å². The Labute approximate surface area is 297 Å². The third-order valence-corrected chi connectivity index (χ3v) is 10.1. The molecular formula is C47H27N3O2. The van der Waals surface area contributed by atoms with Crippen LogP contribution in [0.4, 0.5) is 0 Å². The Kier molecular flexibility index (Phi) is 6.18. The standard InChI is InChI=1S/C47H27N3O2/c1-2-13-30(14-3-1)45-48-46(50-47(49-45)36-18-10-20-39-42(36)35-17-8-9-19-38(35)51-39)33-26-37(32-22-21-28-11-4-5-15-31(28)25-32)44-41(27-33)52-40-24-23-29-12-6-7-16-34(29)43(40)44/h1-27H. The van der Waals surface area contributed by atoms with Crippen LogP contribution in [0.25, 0.3) is 111 Å². The maximum Gasteiger partial charge on any atom is 0.164 e. The Bertz CT molecular complexity index is 3190.